The van der Waals surface area contributed by atoms with Crippen molar-refractivity contribution in [2.75, 3.05) is 0 Å². The van der Waals surface area contributed by atoms with Crippen molar-refractivity contribution in [2.24, 2.45) is 0 Å². The van der Waals surface area contributed by atoms with Crippen LogP contribution < -0.4 is 0 Å². The number of benzene rings is 2. The van der Waals surface area contributed by atoms with Crippen molar-refractivity contribution in [3.8, 4) is 16.9 Å². The lowest BCUT2D eigenvalue weighted by Crippen LogP contribution is -1.98. The van der Waals surface area contributed by atoms with Gasteiger partial charge >= 0.3 is 0 Å². The molecule has 0 bridgehead atoms. The lowest BCUT2D eigenvalue weighted by Gasteiger charge is -1.97. The van der Waals surface area contributed by atoms with Crippen molar-refractivity contribution in [1.29, 1.82) is 0 Å². The number of rotatable bonds is 2. The monoisotopic (exact) mass is 262 g/mol. The lowest BCUT2D eigenvalue weighted by molar-refractivity contribution is 0.446. The largest absolute Gasteiger partial charge is 0.332 e. The third-order valence-electron chi connectivity index (χ3n) is 3.06. The maximum Gasteiger partial charge on any atom is 0.297 e. The summed E-state index contributed by atoms with van der Waals surface area (Å²) >= 11 is 0. The summed E-state index contributed by atoms with van der Waals surface area (Å²) in [4.78, 5) is 1.56. The van der Waals surface area contributed by atoms with E-state index in [2.05, 4.69) is 15.4 Å². The Labute approximate surface area is 114 Å². The molecule has 0 saturated carbocycles. The van der Waals surface area contributed by atoms with Gasteiger partial charge in [0, 0.05) is 5.56 Å². The summed E-state index contributed by atoms with van der Waals surface area (Å²) in [5.41, 5.74) is 3.67. The van der Waals surface area contributed by atoms with E-state index in [9.17, 15) is 0 Å². The lowest BCUT2D eigenvalue weighted by atomic mass is 10.1. The average Bonchev–Trinajstić information content (AvgIpc) is 3.09. The Kier molecular flexibility index (Phi) is 2.35. The highest BCUT2D eigenvalue weighted by atomic mass is 16.5. The minimum Gasteiger partial charge on any atom is -0.332 e. The van der Waals surface area contributed by atoms with Crippen LogP contribution in [0.3, 0.4) is 0 Å². The van der Waals surface area contributed by atoms with Gasteiger partial charge in [0.05, 0.1) is 5.69 Å². The fraction of sp³-hybridized carbons (Fsp3) is 0. The molecule has 4 rings (SSSR count). The van der Waals surface area contributed by atoms with Crippen molar-refractivity contribution < 1.29 is 4.52 Å². The van der Waals surface area contributed by atoms with Crippen LogP contribution in [-0.4, -0.2) is 20.2 Å². The molecule has 0 aliphatic heterocycles. The highest BCUT2D eigenvalue weighted by molar-refractivity contribution is 5.85. The maximum absolute atomic E-state index is 5.26. The number of aromatic nitrogens is 4. The van der Waals surface area contributed by atoms with Crippen molar-refractivity contribution in [3.05, 3.63) is 60.7 Å². The molecule has 0 spiro atoms. The molecular formula is C15H10N4O. The molecule has 0 atom stereocenters. The van der Waals surface area contributed by atoms with Gasteiger partial charge in [0.15, 0.2) is 5.52 Å². The molecule has 2 aromatic heterocycles. The zero-order valence-electron chi connectivity index (χ0n) is 10.5. The standard InChI is InChI=1S/C15H10N4O/c1-3-7-11(8-4-1)13-14-15(20-18-13)17-19(16-14)12-9-5-2-6-10-12/h1-10H. The van der Waals surface area contributed by atoms with Gasteiger partial charge in [-0.3, -0.25) is 0 Å². The highest BCUT2D eigenvalue weighted by Gasteiger charge is 2.16. The van der Waals surface area contributed by atoms with Crippen molar-refractivity contribution >= 4 is 11.2 Å². The molecule has 96 valence electrons. The van der Waals surface area contributed by atoms with E-state index in [1.54, 1.807) is 4.80 Å². The number of hydrogen-bond donors (Lipinski definition) is 0. The second-order valence-electron chi connectivity index (χ2n) is 4.38. The second-order valence-corrected chi connectivity index (χ2v) is 4.38. The first-order valence-electron chi connectivity index (χ1n) is 6.25. The fourth-order valence-electron chi connectivity index (χ4n) is 2.10. The molecule has 5 nitrogen and oxygen atoms in total. The highest BCUT2D eigenvalue weighted by Crippen LogP contribution is 2.25. The van der Waals surface area contributed by atoms with Gasteiger partial charge in [-0.05, 0) is 12.1 Å². The van der Waals surface area contributed by atoms with Crippen LogP contribution in [0.2, 0.25) is 0 Å². The van der Waals surface area contributed by atoms with Crippen LogP contribution in [0.15, 0.2) is 65.2 Å². The Morgan fingerprint density at radius 3 is 2.25 bits per heavy atom. The first kappa shape index (κ1) is 10.9. The molecule has 0 aliphatic rings. The van der Waals surface area contributed by atoms with Crippen LogP contribution in [0.5, 0.6) is 0 Å². The SMILES string of the molecule is c1ccc(-c2noc3nn(-c4ccccc4)nc23)cc1. The number of nitrogens with zero attached hydrogens (tertiary/aromatic N) is 4. The maximum atomic E-state index is 5.26. The van der Waals surface area contributed by atoms with E-state index in [-0.39, 0.29) is 0 Å². The van der Waals surface area contributed by atoms with Crippen molar-refractivity contribution in [2.45, 2.75) is 0 Å². The summed E-state index contributed by atoms with van der Waals surface area (Å²) in [5, 5.41) is 12.8. The van der Waals surface area contributed by atoms with E-state index in [4.69, 9.17) is 4.52 Å². The Morgan fingerprint density at radius 1 is 0.800 bits per heavy atom. The Bertz CT molecular complexity index is 849. The zero-order chi connectivity index (χ0) is 13.4. The molecule has 0 amide bonds. The van der Waals surface area contributed by atoms with Gasteiger partial charge in [0.25, 0.3) is 5.71 Å². The van der Waals surface area contributed by atoms with Gasteiger partial charge in [-0.2, -0.15) is 0 Å². The van der Waals surface area contributed by atoms with Crippen LogP contribution >= 0.6 is 0 Å². The first-order valence-corrected chi connectivity index (χ1v) is 6.25. The van der Waals surface area contributed by atoms with E-state index >= 15 is 0 Å². The normalized spacial score (nSPS) is 11.0. The molecule has 20 heavy (non-hydrogen) atoms. The van der Waals surface area contributed by atoms with E-state index < -0.39 is 0 Å². The second kappa shape index (κ2) is 4.31. The van der Waals surface area contributed by atoms with Gasteiger partial charge in [-0.25, -0.2) is 0 Å². The van der Waals surface area contributed by atoms with Gasteiger partial charge < -0.3 is 4.52 Å². The Hall–Kier alpha value is -2.95. The summed E-state index contributed by atoms with van der Waals surface area (Å²) in [5.74, 6) is 0. The molecule has 0 fully saturated rings. The van der Waals surface area contributed by atoms with Gasteiger partial charge in [-0.1, -0.05) is 53.7 Å². The molecule has 2 heterocycles. The predicted molar refractivity (Wildman–Crippen MR) is 74.4 cm³/mol. The molecule has 0 N–H and O–H groups in total. The first-order chi connectivity index (χ1) is 9.92. The third kappa shape index (κ3) is 1.68. The molecule has 0 saturated heterocycles. The smallest absolute Gasteiger partial charge is 0.297 e. The summed E-state index contributed by atoms with van der Waals surface area (Å²) in [6.45, 7) is 0. The van der Waals surface area contributed by atoms with E-state index in [1.807, 2.05) is 60.7 Å². The molecule has 4 aromatic rings. The van der Waals surface area contributed by atoms with E-state index in [0.29, 0.717) is 16.9 Å². The zero-order valence-corrected chi connectivity index (χ0v) is 10.5. The average molecular weight is 262 g/mol. The quantitative estimate of drug-likeness (QED) is 0.557. The van der Waals surface area contributed by atoms with Crippen LogP contribution in [0.4, 0.5) is 0 Å². The minimum atomic E-state index is 0.438. The fourth-order valence-corrected chi connectivity index (χ4v) is 2.10. The summed E-state index contributed by atoms with van der Waals surface area (Å²) in [6, 6.07) is 19.5. The van der Waals surface area contributed by atoms with Gasteiger partial charge in [-0.15, -0.1) is 15.0 Å². The van der Waals surface area contributed by atoms with Crippen LogP contribution in [-0.2, 0) is 0 Å². The molecule has 2 aromatic carbocycles. The molecule has 0 unspecified atom stereocenters. The number of fused-ring (bicyclic) bond motifs is 1. The number of hydrogen-bond acceptors (Lipinski definition) is 4. The van der Waals surface area contributed by atoms with E-state index in [0.717, 1.165) is 11.3 Å². The third-order valence-corrected chi connectivity index (χ3v) is 3.06. The summed E-state index contributed by atoms with van der Waals surface area (Å²) in [6.07, 6.45) is 0. The van der Waals surface area contributed by atoms with Crippen LogP contribution in [0, 0.1) is 0 Å². The Balaban J connectivity index is 1.88. The van der Waals surface area contributed by atoms with Crippen LogP contribution in [0.1, 0.15) is 0 Å². The minimum absolute atomic E-state index is 0.438. The van der Waals surface area contributed by atoms with Crippen LogP contribution in [0.25, 0.3) is 28.2 Å². The number of para-hydroxylation sites is 1. The molecule has 0 radical (unpaired) electrons. The molecule has 0 aliphatic carbocycles. The topological polar surface area (TPSA) is 56.7 Å². The van der Waals surface area contributed by atoms with Crippen molar-refractivity contribution in [3.63, 3.8) is 0 Å². The van der Waals surface area contributed by atoms with Gasteiger partial charge in [0.1, 0.15) is 5.69 Å². The predicted octanol–water partition coefficient (Wildman–Crippen LogP) is 3.08. The summed E-state index contributed by atoms with van der Waals surface area (Å²) in [7, 11) is 0. The molecule has 5 heteroatoms. The molecular weight excluding hydrogens is 252 g/mol. The van der Waals surface area contributed by atoms with Crippen molar-refractivity contribution in [1.82, 2.24) is 20.2 Å². The van der Waals surface area contributed by atoms with Gasteiger partial charge in [0.2, 0.25) is 0 Å². The van der Waals surface area contributed by atoms with E-state index in [1.165, 1.54) is 0 Å². The Morgan fingerprint density at radius 2 is 1.50 bits per heavy atom. The summed E-state index contributed by atoms with van der Waals surface area (Å²) < 4.78 is 5.26.